The van der Waals surface area contributed by atoms with Crippen LogP contribution in [0, 0.1) is 0 Å². The molecule has 0 radical (unpaired) electrons. The number of benzene rings is 1. The van der Waals surface area contributed by atoms with Crippen LogP contribution in [-0.4, -0.2) is 79.2 Å². The fraction of sp³-hybridized carbons (Fsp3) is 0.360. The highest BCUT2D eigenvalue weighted by molar-refractivity contribution is 5.91. The number of ether oxygens (including phenoxy) is 2. The monoisotopic (exact) mass is 477 g/mol. The van der Waals surface area contributed by atoms with Crippen LogP contribution in [-0.2, 0) is 4.79 Å². The van der Waals surface area contributed by atoms with Gasteiger partial charge in [0.2, 0.25) is 5.91 Å². The molecule has 10 nitrogen and oxygen atoms in total. The molecule has 0 aliphatic carbocycles. The fourth-order valence-electron chi connectivity index (χ4n) is 3.94. The summed E-state index contributed by atoms with van der Waals surface area (Å²) in [5.41, 5.74) is 1.52. The third-order valence-electron chi connectivity index (χ3n) is 5.76. The van der Waals surface area contributed by atoms with Gasteiger partial charge in [0, 0.05) is 37.1 Å². The van der Waals surface area contributed by atoms with Gasteiger partial charge in [-0.3, -0.25) is 4.79 Å². The second kappa shape index (κ2) is 11.0. The number of rotatable bonds is 10. The van der Waals surface area contributed by atoms with Crippen molar-refractivity contribution < 1.29 is 14.3 Å². The van der Waals surface area contributed by atoms with E-state index in [0.717, 1.165) is 47.7 Å². The second-order valence-corrected chi connectivity index (χ2v) is 8.57. The van der Waals surface area contributed by atoms with Crippen molar-refractivity contribution >= 4 is 34.1 Å². The lowest BCUT2D eigenvalue weighted by molar-refractivity contribution is -0.117. The lowest BCUT2D eigenvalue weighted by Crippen LogP contribution is -2.36. The maximum atomic E-state index is 11.7. The summed E-state index contributed by atoms with van der Waals surface area (Å²) in [5.74, 6) is 2.68. The topological polar surface area (TPSA) is 105 Å². The average molecular weight is 478 g/mol. The van der Waals surface area contributed by atoms with Crippen LogP contribution in [0.3, 0.4) is 0 Å². The largest absolute Gasteiger partial charge is 0.494 e. The Morgan fingerprint density at radius 3 is 2.91 bits per heavy atom. The first-order chi connectivity index (χ1) is 17.0. The average Bonchev–Trinajstić information content (AvgIpc) is 3.32. The first kappa shape index (κ1) is 24.2. The zero-order valence-corrected chi connectivity index (χ0v) is 20.3. The van der Waals surface area contributed by atoms with Crippen molar-refractivity contribution in [3.8, 4) is 11.5 Å². The van der Waals surface area contributed by atoms with E-state index in [9.17, 15) is 4.79 Å². The van der Waals surface area contributed by atoms with E-state index in [0.29, 0.717) is 24.7 Å². The molecule has 1 aliphatic heterocycles. The van der Waals surface area contributed by atoms with Gasteiger partial charge < -0.3 is 29.9 Å². The van der Waals surface area contributed by atoms with Gasteiger partial charge in [0.05, 0.1) is 24.5 Å². The van der Waals surface area contributed by atoms with Crippen molar-refractivity contribution in [2.45, 2.75) is 12.5 Å². The molecule has 1 fully saturated rings. The highest BCUT2D eigenvalue weighted by Gasteiger charge is 2.25. The lowest BCUT2D eigenvalue weighted by Gasteiger charge is -2.19. The van der Waals surface area contributed by atoms with E-state index >= 15 is 0 Å². The smallest absolute Gasteiger partial charge is 0.243 e. The van der Waals surface area contributed by atoms with E-state index in [1.807, 2.05) is 38.4 Å². The zero-order chi connectivity index (χ0) is 24.8. The number of pyridine rings is 1. The van der Waals surface area contributed by atoms with Gasteiger partial charge in [-0.2, -0.15) is 0 Å². The lowest BCUT2D eigenvalue weighted by atomic mass is 10.2. The molecule has 1 atom stereocenters. The Morgan fingerprint density at radius 1 is 1.29 bits per heavy atom. The number of fused-ring (bicyclic) bond motifs is 1. The number of hydrogen-bond acceptors (Lipinski definition) is 9. The van der Waals surface area contributed by atoms with Crippen LogP contribution in [0.15, 0.2) is 49.4 Å². The molecule has 4 rings (SSSR count). The molecule has 1 aliphatic rings. The van der Waals surface area contributed by atoms with Crippen molar-refractivity contribution in [2.75, 3.05) is 57.7 Å². The number of carbonyl (C=O) groups excluding carboxylic acids is 1. The minimum absolute atomic E-state index is 0.0488. The number of anilines is 3. The van der Waals surface area contributed by atoms with E-state index in [4.69, 9.17) is 9.47 Å². The van der Waals surface area contributed by atoms with Crippen LogP contribution < -0.4 is 25.0 Å². The van der Waals surface area contributed by atoms with E-state index in [1.54, 1.807) is 19.6 Å². The minimum atomic E-state index is -0.164. The second-order valence-electron chi connectivity index (χ2n) is 8.57. The van der Waals surface area contributed by atoms with Crippen LogP contribution in [0.4, 0.5) is 17.3 Å². The fourth-order valence-corrected chi connectivity index (χ4v) is 3.94. The summed E-state index contributed by atoms with van der Waals surface area (Å²) in [6.07, 6.45) is 5.39. The molecule has 0 saturated carbocycles. The predicted molar refractivity (Wildman–Crippen MR) is 137 cm³/mol. The summed E-state index contributed by atoms with van der Waals surface area (Å²) in [6.45, 7) is 6.39. The maximum absolute atomic E-state index is 11.7. The zero-order valence-electron chi connectivity index (χ0n) is 20.3. The van der Waals surface area contributed by atoms with Gasteiger partial charge in [-0.1, -0.05) is 6.58 Å². The van der Waals surface area contributed by atoms with E-state index in [2.05, 4.69) is 42.0 Å². The minimum Gasteiger partial charge on any atom is -0.494 e. The molecule has 35 heavy (non-hydrogen) atoms. The van der Waals surface area contributed by atoms with Crippen molar-refractivity contribution in [2.24, 2.45) is 0 Å². The standard InChI is InChI=1S/C25H31N7O3/c1-5-24(33)29-17-8-9-32(15-17)25-19-13-23(26-14-21(19)27-16-28-25)30-20-7-6-18(12-22(20)34-4)35-11-10-31(2)3/h5-7,12-14,16-17H,1,8-11,15H2,2-4H3,(H,26,30)(H,29,33)/t17-/m1/s1. The highest BCUT2D eigenvalue weighted by Crippen LogP contribution is 2.33. The highest BCUT2D eigenvalue weighted by atomic mass is 16.5. The first-order valence-corrected chi connectivity index (χ1v) is 11.5. The third kappa shape index (κ3) is 5.96. The number of likely N-dealkylation sites (N-methyl/N-ethyl adjacent to an activating group) is 1. The van der Waals surface area contributed by atoms with E-state index < -0.39 is 0 Å². The van der Waals surface area contributed by atoms with Crippen molar-refractivity contribution in [1.82, 2.24) is 25.2 Å². The van der Waals surface area contributed by atoms with Crippen molar-refractivity contribution in [3.05, 3.63) is 49.4 Å². The Bertz CT molecular complexity index is 1200. The van der Waals surface area contributed by atoms with Gasteiger partial charge in [-0.25, -0.2) is 15.0 Å². The molecular weight excluding hydrogens is 446 g/mol. The molecule has 184 valence electrons. The summed E-state index contributed by atoms with van der Waals surface area (Å²) in [6, 6.07) is 7.65. The number of methoxy groups -OCH3 is 1. The molecule has 1 saturated heterocycles. The van der Waals surface area contributed by atoms with E-state index in [-0.39, 0.29) is 11.9 Å². The summed E-state index contributed by atoms with van der Waals surface area (Å²) in [5, 5.41) is 7.18. The summed E-state index contributed by atoms with van der Waals surface area (Å²) >= 11 is 0. The number of nitrogens with zero attached hydrogens (tertiary/aromatic N) is 5. The number of amides is 1. The molecule has 1 amide bonds. The summed E-state index contributed by atoms with van der Waals surface area (Å²) < 4.78 is 11.4. The van der Waals surface area contributed by atoms with Gasteiger partial charge in [-0.05, 0) is 44.8 Å². The van der Waals surface area contributed by atoms with Crippen molar-refractivity contribution in [3.63, 3.8) is 0 Å². The summed E-state index contributed by atoms with van der Waals surface area (Å²) in [4.78, 5) is 29.3. The Labute approximate surface area is 205 Å². The van der Waals surface area contributed by atoms with Crippen LogP contribution in [0.5, 0.6) is 11.5 Å². The Kier molecular flexibility index (Phi) is 7.61. The number of aromatic nitrogens is 3. The van der Waals surface area contributed by atoms with E-state index in [1.165, 1.54) is 6.08 Å². The van der Waals surface area contributed by atoms with Crippen molar-refractivity contribution in [1.29, 1.82) is 0 Å². The number of nitrogens with one attached hydrogen (secondary N) is 2. The van der Waals surface area contributed by atoms with Gasteiger partial charge >= 0.3 is 0 Å². The maximum Gasteiger partial charge on any atom is 0.243 e. The van der Waals surface area contributed by atoms with Gasteiger partial charge in [0.15, 0.2) is 0 Å². The summed E-state index contributed by atoms with van der Waals surface area (Å²) in [7, 11) is 5.64. The molecule has 3 aromatic rings. The molecule has 1 aromatic carbocycles. The third-order valence-corrected chi connectivity index (χ3v) is 5.76. The Hall–Kier alpha value is -3.92. The first-order valence-electron chi connectivity index (χ1n) is 11.5. The molecular formula is C25H31N7O3. The van der Waals surface area contributed by atoms with Crippen LogP contribution >= 0.6 is 0 Å². The van der Waals surface area contributed by atoms with Crippen LogP contribution in [0.2, 0.25) is 0 Å². The van der Waals surface area contributed by atoms with Gasteiger partial charge in [0.25, 0.3) is 0 Å². The van der Waals surface area contributed by atoms with Crippen LogP contribution in [0.25, 0.3) is 10.9 Å². The molecule has 2 N–H and O–H groups in total. The van der Waals surface area contributed by atoms with Gasteiger partial charge in [0.1, 0.15) is 36.1 Å². The number of hydrogen-bond donors (Lipinski definition) is 2. The molecule has 0 unspecified atom stereocenters. The molecule has 3 heterocycles. The van der Waals surface area contributed by atoms with Crippen LogP contribution in [0.1, 0.15) is 6.42 Å². The predicted octanol–water partition coefficient (Wildman–Crippen LogP) is 2.60. The number of carbonyl (C=O) groups is 1. The molecule has 2 aromatic heterocycles. The molecule has 0 spiro atoms. The Balaban J connectivity index is 1.53. The quantitative estimate of drug-likeness (QED) is 0.426. The Morgan fingerprint density at radius 2 is 2.14 bits per heavy atom. The SMILES string of the molecule is C=CC(=O)N[C@@H]1CCN(c2ncnc3cnc(Nc4ccc(OCCN(C)C)cc4OC)cc23)C1. The molecule has 0 bridgehead atoms. The molecule has 10 heteroatoms. The van der Waals surface area contributed by atoms with Gasteiger partial charge in [-0.15, -0.1) is 0 Å². The normalized spacial score (nSPS) is 15.3.